The van der Waals surface area contributed by atoms with E-state index in [1.165, 1.54) is 12.1 Å². The van der Waals surface area contributed by atoms with Crippen molar-refractivity contribution in [2.45, 2.75) is 26.7 Å². The first-order valence-corrected chi connectivity index (χ1v) is 8.68. The maximum absolute atomic E-state index is 13.2. The second-order valence-electron chi connectivity index (χ2n) is 5.73. The maximum atomic E-state index is 13.2. The van der Waals surface area contributed by atoms with Crippen molar-refractivity contribution < 1.29 is 9.18 Å². The zero-order valence-electron chi connectivity index (χ0n) is 14.8. The average molecular weight is 347 g/mol. The van der Waals surface area contributed by atoms with E-state index in [-0.39, 0.29) is 18.3 Å². The average Bonchev–Trinajstić information content (AvgIpc) is 2.99. The van der Waals surface area contributed by atoms with Gasteiger partial charge in [-0.15, -0.1) is 0 Å². The van der Waals surface area contributed by atoms with Crippen LogP contribution in [0, 0.1) is 5.82 Å². The van der Waals surface area contributed by atoms with Crippen molar-refractivity contribution in [3.8, 4) is 0 Å². The maximum Gasteiger partial charge on any atom is 0.241 e. The normalized spacial score (nSPS) is 11.6. The molecule has 0 saturated carbocycles. The molecule has 0 aliphatic rings. The van der Waals surface area contributed by atoms with Crippen LogP contribution in [0.1, 0.15) is 25.8 Å². The lowest BCUT2D eigenvalue weighted by atomic mass is 10.1. The molecule has 0 aliphatic heterocycles. The van der Waals surface area contributed by atoms with Gasteiger partial charge >= 0.3 is 0 Å². The van der Waals surface area contributed by atoms with Crippen LogP contribution in [0.25, 0.3) is 10.9 Å². The minimum absolute atomic E-state index is 0.0855. The van der Waals surface area contributed by atoms with Gasteiger partial charge in [0, 0.05) is 36.7 Å². The summed E-state index contributed by atoms with van der Waals surface area (Å²) in [6.07, 6.45) is 3.56. The molecule has 1 aromatic heterocycles. The molecule has 0 unspecified atom stereocenters. The minimum atomic E-state index is -0.248. The summed E-state index contributed by atoms with van der Waals surface area (Å²) >= 11 is 0. The SMILES string of the molecule is CCCNC(=O)CN=C(NCC)NCCc1c[nH]c2cc(F)ccc12. The first kappa shape index (κ1) is 18.8. The molecule has 0 aliphatic carbocycles. The number of hydrogen-bond donors (Lipinski definition) is 4. The van der Waals surface area contributed by atoms with Gasteiger partial charge in [0.1, 0.15) is 12.4 Å². The number of aromatic amines is 1. The van der Waals surface area contributed by atoms with Crippen molar-refractivity contribution in [1.82, 2.24) is 20.9 Å². The summed E-state index contributed by atoms with van der Waals surface area (Å²) in [5.41, 5.74) is 1.90. The van der Waals surface area contributed by atoms with Gasteiger partial charge in [0.05, 0.1) is 0 Å². The third-order valence-corrected chi connectivity index (χ3v) is 3.71. The molecule has 0 saturated heterocycles. The van der Waals surface area contributed by atoms with Crippen LogP contribution >= 0.6 is 0 Å². The van der Waals surface area contributed by atoms with Gasteiger partial charge in [-0.05, 0) is 43.5 Å². The van der Waals surface area contributed by atoms with Gasteiger partial charge in [-0.3, -0.25) is 4.79 Å². The molecule has 0 bridgehead atoms. The quantitative estimate of drug-likeness (QED) is 0.435. The zero-order chi connectivity index (χ0) is 18.1. The largest absolute Gasteiger partial charge is 0.361 e. The van der Waals surface area contributed by atoms with E-state index in [1.807, 2.05) is 20.0 Å². The van der Waals surface area contributed by atoms with Gasteiger partial charge in [-0.25, -0.2) is 9.38 Å². The topological polar surface area (TPSA) is 81.3 Å². The molecule has 4 N–H and O–H groups in total. The highest BCUT2D eigenvalue weighted by molar-refractivity contribution is 5.85. The summed E-state index contributed by atoms with van der Waals surface area (Å²) < 4.78 is 13.2. The van der Waals surface area contributed by atoms with Crippen LogP contribution < -0.4 is 16.0 Å². The molecule has 1 heterocycles. The predicted molar refractivity (Wildman–Crippen MR) is 99.2 cm³/mol. The van der Waals surface area contributed by atoms with Crippen LogP contribution in [-0.2, 0) is 11.2 Å². The number of amides is 1. The molecule has 1 aromatic carbocycles. The number of aromatic nitrogens is 1. The van der Waals surface area contributed by atoms with Crippen LogP contribution in [0.5, 0.6) is 0 Å². The minimum Gasteiger partial charge on any atom is -0.361 e. The number of carbonyl (C=O) groups excluding carboxylic acids is 1. The number of nitrogens with zero attached hydrogens (tertiary/aromatic N) is 1. The Balaban J connectivity index is 1.88. The lowest BCUT2D eigenvalue weighted by molar-refractivity contribution is -0.119. The molecular formula is C18H26FN5O. The molecule has 25 heavy (non-hydrogen) atoms. The number of halogens is 1. The van der Waals surface area contributed by atoms with Crippen LogP contribution in [0.15, 0.2) is 29.4 Å². The van der Waals surface area contributed by atoms with E-state index in [4.69, 9.17) is 0 Å². The fourth-order valence-electron chi connectivity index (χ4n) is 2.49. The first-order valence-electron chi connectivity index (χ1n) is 8.68. The van der Waals surface area contributed by atoms with Crippen molar-refractivity contribution in [2.24, 2.45) is 4.99 Å². The van der Waals surface area contributed by atoms with Crippen LogP contribution in [0.3, 0.4) is 0 Å². The van der Waals surface area contributed by atoms with E-state index in [0.29, 0.717) is 19.0 Å². The molecule has 7 heteroatoms. The number of benzene rings is 1. The highest BCUT2D eigenvalue weighted by Crippen LogP contribution is 2.19. The lowest BCUT2D eigenvalue weighted by Gasteiger charge is -2.11. The van der Waals surface area contributed by atoms with E-state index < -0.39 is 0 Å². The number of guanidine groups is 1. The fraction of sp³-hybridized carbons (Fsp3) is 0.444. The Labute approximate surface area is 147 Å². The summed E-state index contributed by atoms with van der Waals surface area (Å²) in [5, 5.41) is 10.2. The summed E-state index contributed by atoms with van der Waals surface area (Å²) in [7, 11) is 0. The zero-order valence-corrected chi connectivity index (χ0v) is 14.8. The molecular weight excluding hydrogens is 321 g/mol. The lowest BCUT2D eigenvalue weighted by Crippen LogP contribution is -2.39. The summed E-state index contributed by atoms with van der Waals surface area (Å²) in [5.74, 6) is 0.277. The van der Waals surface area contributed by atoms with Gasteiger partial charge < -0.3 is 20.9 Å². The molecule has 2 rings (SSSR count). The summed E-state index contributed by atoms with van der Waals surface area (Å²) in [4.78, 5) is 19.0. The van der Waals surface area contributed by atoms with Gasteiger partial charge in [0.15, 0.2) is 5.96 Å². The van der Waals surface area contributed by atoms with E-state index in [1.54, 1.807) is 6.07 Å². The molecule has 0 spiro atoms. The Hall–Kier alpha value is -2.57. The van der Waals surface area contributed by atoms with E-state index in [0.717, 1.165) is 35.9 Å². The van der Waals surface area contributed by atoms with Crippen molar-refractivity contribution in [1.29, 1.82) is 0 Å². The van der Waals surface area contributed by atoms with Crippen molar-refractivity contribution in [2.75, 3.05) is 26.2 Å². The van der Waals surface area contributed by atoms with Crippen molar-refractivity contribution in [3.05, 3.63) is 35.8 Å². The molecule has 0 fully saturated rings. The highest BCUT2D eigenvalue weighted by Gasteiger charge is 2.06. The number of carbonyl (C=O) groups is 1. The Kier molecular flexibility index (Phi) is 7.25. The van der Waals surface area contributed by atoms with Gasteiger partial charge in [0.2, 0.25) is 5.91 Å². The standard InChI is InChI=1S/C18H26FN5O/c1-3-8-21-17(25)12-24-18(20-4-2)22-9-7-13-11-23-16-10-14(19)5-6-15(13)16/h5-6,10-11,23H,3-4,7-9,12H2,1-2H3,(H,21,25)(H2,20,22,24). The number of hydrogen-bond acceptors (Lipinski definition) is 2. The first-order chi connectivity index (χ1) is 12.1. The molecule has 1 amide bonds. The Morgan fingerprint density at radius 1 is 1.20 bits per heavy atom. The number of H-pyrrole nitrogens is 1. The molecule has 136 valence electrons. The molecule has 2 aromatic rings. The Morgan fingerprint density at radius 3 is 2.80 bits per heavy atom. The Morgan fingerprint density at radius 2 is 2.04 bits per heavy atom. The van der Waals surface area contributed by atoms with E-state index in [2.05, 4.69) is 25.9 Å². The van der Waals surface area contributed by atoms with Gasteiger partial charge in [0.25, 0.3) is 0 Å². The van der Waals surface area contributed by atoms with Crippen molar-refractivity contribution >= 4 is 22.8 Å². The fourth-order valence-corrected chi connectivity index (χ4v) is 2.49. The second kappa shape index (κ2) is 9.66. The number of fused-ring (bicyclic) bond motifs is 1. The molecule has 0 radical (unpaired) electrons. The predicted octanol–water partition coefficient (Wildman–Crippen LogP) is 1.93. The summed E-state index contributed by atoms with van der Waals surface area (Å²) in [6.45, 7) is 6.12. The molecule has 6 nitrogen and oxygen atoms in total. The Bertz CT molecular complexity index is 725. The van der Waals surface area contributed by atoms with Gasteiger partial charge in [-0.2, -0.15) is 0 Å². The van der Waals surface area contributed by atoms with E-state index >= 15 is 0 Å². The smallest absolute Gasteiger partial charge is 0.241 e. The monoisotopic (exact) mass is 347 g/mol. The van der Waals surface area contributed by atoms with Crippen LogP contribution in [0.4, 0.5) is 4.39 Å². The van der Waals surface area contributed by atoms with Crippen LogP contribution in [0.2, 0.25) is 0 Å². The van der Waals surface area contributed by atoms with Crippen LogP contribution in [-0.4, -0.2) is 43.0 Å². The summed E-state index contributed by atoms with van der Waals surface area (Å²) in [6, 6.07) is 4.74. The third kappa shape index (κ3) is 5.77. The third-order valence-electron chi connectivity index (χ3n) is 3.71. The highest BCUT2D eigenvalue weighted by atomic mass is 19.1. The van der Waals surface area contributed by atoms with E-state index in [9.17, 15) is 9.18 Å². The van der Waals surface area contributed by atoms with Crippen molar-refractivity contribution in [3.63, 3.8) is 0 Å². The number of rotatable bonds is 8. The number of nitrogens with one attached hydrogen (secondary N) is 4. The van der Waals surface area contributed by atoms with Gasteiger partial charge in [-0.1, -0.05) is 6.92 Å². The second-order valence-corrected chi connectivity index (χ2v) is 5.73. The molecule has 0 atom stereocenters. The number of aliphatic imine (C=N–C) groups is 1.